The summed E-state index contributed by atoms with van der Waals surface area (Å²) in [4.78, 5) is 28.0. The second-order valence-electron chi connectivity index (χ2n) is 11.3. The molecule has 0 unspecified atom stereocenters. The molecule has 4 heterocycles. The average Bonchev–Trinajstić information content (AvgIpc) is 3.72. The van der Waals surface area contributed by atoms with Gasteiger partial charge in [-0.3, -0.25) is 14.7 Å². The number of aromatic nitrogens is 3. The first-order valence-corrected chi connectivity index (χ1v) is 14.8. The van der Waals surface area contributed by atoms with Crippen molar-refractivity contribution in [3.05, 3.63) is 101 Å². The van der Waals surface area contributed by atoms with Crippen LogP contribution < -0.4 is 5.32 Å². The lowest BCUT2D eigenvalue weighted by atomic mass is 9.93. The Morgan fingerprint density at radius 1 is 0.977 bits per heavy atom. The Hall–Kier alpha value is -5.39. The number of likely N-dealkylation sites (tertiary alicyclic amines) is 1. The summed E-state index contributed by atoms with van der Waals surface area (Å²) in [5.74, 6) is 1.12. The van der Waals surface area contributed by atoms with Gasteiger partial charge >= 0.3 is 0 Å². The molecule has 0 radical (unpaired) electrons. The largest absolute Gasteiger partial charge is 0.435 e. The van der Waals surface area contributed by atoms with Crippen molar-refractivity contribution in [2.24, 2.45) is 0 Å². The molecule has 1 fully saturated rings. The van der Waals surface area contributed by atoms with Crippen LogP contribution in [0.2, 0.25) is 0 Å². The number of oxazole rings is 1. The van der Waals surface area contributed by atoms with Crippen LogP contribution in [0.5, 0.6) is 0 Å². The molecule has 8 nitrogen and oxygen atoms in total. The van der Waals surface area contributed by atoms with Crippen LogP contribution in [0.1, 0.15) is 45.5 Å². The first kappa shape index (κ1) is 27.4. The minimum Gasteiger partial charge on any atom is -0.435 e. The minimum absolute atomic E-state index is 0.283. The predicted octanol–water partition coefficient (Wildman–Crippen LogP) is 7.75. The maximum atomic E-state index is 11.4. The molecule has 6 aromatic rings. The van der Waals surface area contributed by atoms with Crippen molar-refractivity contribution in [3.63, 3.8) is 0 Å². The zero-order chi connectivity index (χ0) is 30.2. The summed E-state index contributed by atoms with van der Waals surface area (Å²) in [5, 5.41) is 14.2. The third-order valence-corrected chi connectivity index (χ3v) is 8.47. The Bertz CT molecular complexity index is 2100. The number of carbonyl (C=O) groups is 1. The molecule has 44 heavy (non-hydrogen) atoms. The van der Waals surface area contributed by atoms with Crippen molar-refractivity contribution in [1.29, 1.82) is 5.26 Å². The van der Waals surface area contributed by atoms with Crippen molar-refractivity contribution in [2.75, 3.05) is 18.4 Å². The van der Waals surface area contributed by atoms with Crippen molar-refractivity contribution in [2.45, 2.75) is 33.2 Å². The van der Waals surface area contributed by atoms with E-state index in [4.69, 9.17) is 9.40 Å². The van der Waals surface area contributed by atoms with E-state index in [-0.39, 0.29) is 5.56 Å². The molecule has 1 saturated heterocycles. The standard InChI is InChI=1S/C36H30N6O2/c1-22-28(7-5-9-30(22)36-41-32-17-24(21-43)15-27(18-37)34(32)44-36)29-8-6-10-31(23(29)2)40-35-33-26(11-12-38-35)16-25(19-39-33)20-42-13-3-4-14-42/h5-12,15-17,19,21H,3-4,13-14,20H2,1-2H3,(H,38,40). The smallest absolute Gasteiger partial charge is 0.227 e. The van der Waals surface area contributed by atoms with Crippen LogP contribution in [0.15, 0.2) is 77.5 Å². The van der Waals surface area contributed by atoms with E-state index in [1.807, 2.05) is 43.6 Å². The number of nitrogens with zero attached hydrogens (tertiary/aromatic N) is 5. The Kier molecular flexibility index (Phi) is 7.09. The highest BCUT2D eigenvalue weighted by Gasteiger charge is 2.19. The van der Waals surface area contributed by atoms with Gasteiger partial charge in [-0.1, -0.05) is 24.3 Å². The van der Waals surface area contributed by atoms with Gasteiger partial charge in [0.1, 0.15) is 23.4 Å². The number of anilines is 2. The molecule has 0 saturated carbocycles. The molecule has 1 aliphatic heterocycles. The molecule has 3 aromatic carbocycles. The van der Waals surface area contributed by atoms with Crippen molar-refractivity contribution in [3.8, 4) is 28.7 Å². The van der Waals surface area contributed by atoms with Gasteiger partial charge in [0.2, 0.25) is 5.89 Å². The van der Waals surface area contributed by atoms with Crippen LogP contribution in [0.4, 0.5) is 11.5 Å². The molecule has 7 rings (SSSR count). The molecule has 0 spiro atoms. The van der Waals surface area contributed by atoms with E-state index >= 15 is 0 Å². The fourth-order valence-electron chi connectivity index (χ4n) is 6.15. The Morgan fingerprint density at radius 3 is 2.55 bits per heavy atom. The number of benzene rings is 3. The van der Waals surface area contributed by atoms with Gasteiger partial charge < -0.3 is 9.73 Å². The van der Waals surface area contributed by atoms with Crippen LogP contribution in [-0.2, 0) is 6.54 Å². The van der Waals surface area contributed by atoms with Gasteiger partial charge in [-0.2, -0.15) is 5.26 Å². The third-order valence-electron chi connectivity index (χ3n) is 8.47. The van der Waals surface area contributed by atoms with Gasteiger partial charge in [0, 0.05) is 41.1 Å². The Labute approximate surface area is 255 Å². The lowest BCUT2D eigenvalue weighted by molar-refractivity contribution is 0.112. The number of carbonyl (C=O) groups excluding carboxylic acids is 1. The molecule has 0 aliphatic carbocycles. The number of nitrogens with one attached hydrogen (secondary N) is 1. The molecule has 1 N–H and O–H groups in total. The highest BCUT2D eigenvalue weighted by molar-refractivity contribution is 5.92. The van der Waals surface area contributed by atoms with E-state index < -0.39 is 0 Å². The fourth-order valence-corrected chi connectivity index (χ4v) is 6.15. The lowest BCUT2D eigenvalue weighted by Crippen LogP contribution is -2.18. The second kappa shape index (κ2) is 11.4. The first-order chi connectivity index (χ1) is 21.5. The topological polar surface area (TPSA) is 108 Å². The fraction of sp³-hybridized carbons (Fsp3) is 0.194. The van der Waals surface area contributed by atoms with E-state index in [9.17, 15) is 10.1 Å². The number of aldehydes is 1. The average molecular weight is 579 g/mol. The lowest BCUT2D eigenvalue weighted by Gasteiger charge is -2.17. The van der Waals surface area contributed by atoms with Gasteiger partial charge in [0.25, 0.3) is 0 Å². The second-order valence-corrected chi connectivity index (χ2v) is 11.3. The number of nitriles is 1. The Balaban J connectivity index is 1.22. The summed E-state index contributed by atoms with van der Waals surface area (Å²) >= 11 is 0. The maximum Gasteiger partial charge on any atom is 0.227 e. The van der Waals surface area contributed by atoms with Crippen molar-refractivity contribution >= 4 is 39.8 Å². The summed E-state index contributed by atoms with van der Waals surface area (Å²) in [5.41, 5.74) is 9.50. The van der Waals surface area contributed by atoms with E-state index in [1.54, 1.807) is 6.07 Å². The van der Waals surface area contributed by atoms with Gasteiger partial charge in [-0.05, 0) is 104 Å². The number of pyridine rings is 2. The maximum absolute atomic E-state index is 11.4. The van der Waals surface area contributed by atoms with Crippen molar-refractivity contribution < 1.29 is 9.21 Å². The SMILES string of the molecule is Cc1c(Nc2nccc3cc(CN4CCCC4)cnc23)cccc1-c1cccc(-c2nc3cc(C=O)cc(C#N)c3o2)c1C. The highest BCUT2D eigenvalue weighted by Crippen LogP contribution is 2.37. The monoisotopic (exact) mass is 578 g/mol. The van der Waals surface area contributed by atoms with E-state index in [1.165, 1.54) is 24.5 Å². The molecular weight excluding hydrogens is 548 g/mol. The Morgan fingerprint density at radius 2 is 1.75 bits per heavy atom. The third kappa shape index (κ3) is 4.97. The molecule has 8 heteroatoms. The molecule has 0 bridgehead atoms. The van der Waals surface area contributed by atoms with Gasteiger partial charge in [-0.15, -0.1) is 0 Å². The van der Waals surface area contributed by atoms with Crippen LogP contribution in [0.3, 0.4) is 0 Å². The zero-order valence-electron chi connectivity index (χ0n) is 24.6. The van der Waals surface area contributed by atoms with Crippen molar-refractivity contribution in [1.82, 2.24) is 19.9 Å². The summed E-state index contributed by atoms with van der Waals surface area (Å²) in [6, 6.07) is 21.7. The highest BCUT2D eigenvalue weighted by atomic mass is 16.3. The van der Waals surface area contributed by atoms with Gasteiger partial charge in [0.05, 0.1) is 5.56 Å². The number of hydrogen-bond donors (Lipinski definition) is 1. The van der Waals surface area contributed by atoms with E-state index in [2.05, 4.69) is 57.4 Å². The predicted molar refractivity (Wildman–Crippen MR) is 172 cm³/mol. The zero-order valence-corrected chi connectivity index (χ0v) is 24.6. The summed E-state index contributed by atoms with van der Waals surface area (Å²) in [6.07, 6.45) is 7.04. The normalized spacial score (nSPS) is 13.4. The minimum atomic E-state index is 0.283. The van der Waals surface area contributed by atoms with Crippen LogP contribution in [0, 0.1) is 25.2 Å². The quantitative estimate of drug-likeness (QED) is 0.192. The number of rotatable bonds is 7. The summed E-state index contributed by atoms with van der Waals surface area (Å²) in [7, 11) is 0. The van der Waals surface area contributed by atoms with Crippen LogP contribution in [0.25, 0.3) is 44.6 Å². The van der Waals surface area contributed by atoms with Gasteiger partial charge in [-0.25, -0.2) is 9.97 Å². The van der Waals surface area contributed by atoms with Gasteiger partial charge in [0.15, 0.2) is 11.4 Å². The molecule has 1 aliphatic rings. The number of hydrogen-bond acceptors (Lipinski definition) is 8. The molecule has 216 valence electrons. The molecule has 0 atom stereocenters. The summed E-state index contributed by atoms with van der Waals surface area (Å²) < 4.78 is 6.09. The van der Waals surface area contributed by atoms with E-state index in [0.29, 0.717) is 28.8 Å². The number of fused-ring (bicyclic) bond motifs is 2. The molecular formula is C36H30N6O2. The van der Waals surface area contributed by atoms with Crippen LogP contribution in [-0.4, -0.2) is 39.2 Å². The molecule has 3 aromatic heterocycles. The van der Waals surface area contributed by atoms with Crippen LogP contribution >= 0.6 is 0 Å². The first-order valence-electron chi connectivity index (χ1n) is 14.8. The molecule has 0 amide bonds. The van der Waals surface area contributed by atoms with E-state index in [0.717, 1.165) is 69.9 Å². The summed E-state index contributed by atoms with van der Waals surface area (Å²) in [6.45, 7) is 7.36.